The second kappa shape index (κ2) is 7.92. The molecule has 1 heterocycles. The molecule has 0 spiro atoms. The molecule has 0 saturated carbocycles. The van der Waals surface area contributed by atoms with E-state index in [1.54, 1.807) is 0 Å². The number of nitrogens with one attached hydrogen (secondary N) is 1. The van der Waals surface area contributed by atoms with Crippen LogP contribution in [0.3, 0.4) is 0 Å². The fourth-order valence-electron chi connectivity index (χ4n) is 1.79. The number of hydrogen-bond acceptors (Lipinski definition) is 5. The normalized spacial score (nSPS) is 20.4. The van der Waals surface area contributed by atoms with Crippen LogP contribution < -0.4 is 11.1 Å². The smallest absolute Gasteiger partial charge is 0.412 e. The first-order valence-corrected chi connectivity index (χ1v) is 6.52. The number of rotatable bonds is 5. The summed E-state index contributed by atoms with van der Waals surface area (Å²) >= 11 is 0. The molecule has 6 nitrogen and oxygen atoms in total. The van der Waals surface area contributed by atoms with Crippen LogP contribution in [0.15, 0.2) is 5.10 Å². The molecule has 0 bridgehead atoms. The zero-order chi connectivity index (χ0) is 13.4. The minimum Gasteiger partial charge on any atom is -0.449 e. The molecule has 0 unspecified atom stereocenters. The van der Waals surface area contributed by atoms with E-state index in [9.17, 15) is 4.79 Å². The maximum absolute atomic E-state index is 11.2. The Labute approximate surface area is 109 Å². The van der Waals surface area contributed by atoms with Gasteiger partial charge in [0.1, 0.15) is 6.34 Å². The van der Waals surface area contributed by atoms with Crippen LogP contribution in [0.2, 0.25) is 0 Å². The first-order valence-electron chi connectivity index (χ1n) is 6.52. The van der Waals surface area contributed by atoms with Crippen LogP contribution in [0.1, 0.15) is 26.7 Å². The van der Waals surface area contributed by atoms with Crippen LogP contribution in [-0.2, 0) is 4.74 Å². The Morgan fingerprint density at radius 2 is 2.44 bits per heavy atom. The van der Waals surface area contributed by atoms with E-state index >= 15 is 0 Å². The van der Waals surface area contributed by atoms with Crippen molar-refractivity contribution < 1.29 is 9.53 Å². The minimum atomic E-state index is -0.458. The Balaban J connectivity index is 2.21. The van der Waals surface area contributed by atoms with Crippen molar-refractivity contribution in [1.29, 1.82) is 0 Å². The molecule has 104 valence electrons. The maximum atomic E-state index is 11.2. The van der Waals surface area contributed by atoms with Gasteiger partial charge in [0.15, 0.2) is 0 Å². The van der Waals surface area contributed by atoms with Gasteiger partial charge in [-0.3, -0.25) is 10.3 Å². The number of alkyl carbamates (subject to hydrolysis) is 1. The predicted octanol–water partition coefficient (Wildman–Crippen LogP) is 0.983. The first kappa shape index (κ1) is 14.8. The second-order valence-corrected chi connectivity index (χ2v) is 5.04. The Kier molecular flexibility index (Phi) is 6.49. The molecular formula is C12H24N4O2. The Morgan fingerprint density at radius 1 is 1.67 bits per heavy atom. The average molecular weight is 256 g/mol. The van der Waals surface area contributed by atoms with Gasteiger partial charge >= 0.3 is 6.09 Å². The number of ether oxygens (including phenoxy) is 1. The van der Waals surface area contributed by atoms with E-state index in [4.69, 9.17) is 10.5 Å². The molecule has 1 amide bonds. The third kappa shape index (κ3) is 5.86. The number of nitrogens with zero attached hydrogens (tertiary/aromatic N) is 2. The predicted molar refractivity (Wildman–Crippen MR) is 71.2 cm³/mol. The molecule has 0 aromatic rings. The largest absolute Gasteiger partial charge is 0.449 e. The fraction of sp³-hybridized carbons (Fsp3) is 0.833. The molecule has 1 aliphatic heterocycles. The molecule has 1 fully saturated rings. The maximum Gasteiger partial charge on any atom is 0.412 e. The third-order valence-corrected chi connectivity index (χ3v) is 2.78. The van der Waals surface area contributed by atoms with Crippen molar-refractivity contribution in [2.45, 2.75) is 26.7 Å². The lowest BCUT2D eigenvalue weighted by Crippen LogP contribution is -2.36. The second-order valence-electron chi connectivity index (χ2n) is 5.04. The van der Waals surface area contributed by atoms with E-state index in [2.05, 4.69) is 10.4 Å². The highest BCUT2D eigenvalue weighted by Gasteiger charge is 2.16. The van der Waals surface area contributed by atoms with Gasteiger partial charge in [-0.15, -0.1) is 0 Å². The quantitative estimate of drug-likeness (QED) is 0.567. The van der Waals surface area contributed by atoms with Crippen molar-refractivity contribution >= 4 is 12.4 Å². The molecule has 1 atom stereocenters. The molecule has 1 aliphatic rings. The van der Waals surface area contributed by atoms with Gasteiger partial charge in [0.05, 0.1) is 6.61 Å². The van der Waals surface area contributed by atoms with Crippen molar-refractivity contribution in [3.05, 3.63) is 0 Å². The molecule has 1 rings (SSSR count). The topological polar surface area (TPSA) is 80.0 Å². The van der Waals surface area contributed by atoms with Crippen LogP contribution in [0.4, 0.5) is 4.79 Å². The first-order chi connectivity index (χ1) is 8.61. The van der Waals surface area contributed by atoms with E-state index in [0.29, 0.717) is 25.0 Å². The zero-order valence-corrected chi connectivity index (χ0v) is 11.3. The number of amides is 1. The molecule has 0 aromatic carbocycles. The van der Waals surface area contributed by atoms with Gasteiger partial charge in [-0.1, -0.05) is 13.8 Å². The van der Waals surface area contributed by atoms with E-state index < -0.39 is 6.09 Å². The monoisotopic (exact) mass is 256 g/mol. The van der Waals surface area contributed by atoms with Gasteiger partial charge in [-0.25, -0.2) is 4.79 Å². The number of piperidine rings is 1. The summed E-state index contributed by atoms with van der Waals surface area (Å²) in [7, 11) is 0. The van der Waals surface area contributed by atoms with Gasteiger partial charge in [0.25, 0.3) is 0 Å². The summed E-state index contributed by atoms with van der Waals surface area (Å²) in [4.78, 5) is 11.2. The highest BCUT2D eigenvalue weighted by Crippen LogP contribution is 2.14. The lowest BCUT2D eigenvalue weighted by Gasteiger charge is -2.29. The number of hydrogen-bond donors (Lipinski definition) is 2. The van der Waals surface area contributed by atoms with E-state index in [1.807, 2.05) is 18.9 Å². The van der Waals surface area contributed by atoms with Gasteiger partial charge in [0.2, 0.25) is 0 Å². The summed E-state index contributed by atoms with van der Waals surface area (Å²) in [5.41, 5.74) is 5.64. The van der Waals surface area contributed by atoms with Gasteiger partial charge < -0.3 is 10.5 Å². The van der Waals surface area contributed by atoms with Gasteiger partial charge in [0, 0.05) is 13.1 Å². The molecule has 3 N–H and O–H groups in total. The number of hydrazone groups is 1. The van der Waals surface area contributed by atoms with Crippen molar-refractivity contribution in [3.8, 4) is 0 Å². The van der Waals surface area contributed by atoms with Crippen LogP contribution in [0.25, 0.3) is 0 Å². The SMILES string of the molecule is CC(C)COC(=O)NC=NN1CCC[C@@H](CN)C1. The minimum absolute atomic E-state index is 0.333. The molecule has 0 radical (unpaired) electrons. The van der Waals surface area contributed by atoms with Gasteiger partial charge in [-0.05, 0) is 31.2 Å². The Hall–Kier alpha value is -1.30. The van der Waals surface area contributed by atoms with Crippen molar-refractivity contribution in [2.75, 3.05) is 26.2 Å². The van der Waals surface area contributed by atoms with Crippen molar-refractivity contribution in [1.82, 2.24) is 10.3 Å². The Morgan fingerprint density at radius 3 is 3.11 bits per heavy atom. The third-order valence-electron chi connectivity index (χ3n) is 2.78. The summed E-state index contributed by atoms with van der Waals surface area (Å²) in [6.45, 7) is 6.85. The number of nitrogens with two attached hydrogens (primary N) is 1. The molecular weight excluding hydrogens is 232 g/mol. The van der Waals surface area contributed by atoms with E-state index in [0.717, 1.165) is 25.9 Å². The number of carbonyl (C=O) groups excluding carboxylic acids is 1. The number of carbonyl (C=O) groups is 1. The summed E-state index contributed by atoms with van der Waals surface area (Å²) in [6.07, 6.45) is 3.19. The van der Waals surface area contributed by atoms with Gasteiger partial charge in [-0.2, -0.15) is 5.10 Å². The van der Waals surface area contributed by atoms with Crippen LogP contribution in [-0.4, -0.2) is 43.7 Å². The molecule has 0 aliphatic carbocycles. The summed E-state index contributed by atoms with van der Waals surface area (Å²) in [5.74, 6) is 0.837. The van der Waals surface area contributed by atoms with E-state index in [1.165, 1.54) is 6.34 Å². The molecule has 1 saturated heterocycles. The summed E-state index contributed by atoms with van der Waals surface area (Å²) in [5, 5.41) is 8.62. The van der Waals surface area contributed by atoms with Crippen molar-refractivity contribution in [3.63, 3.8) is 0 Å². The highest BCUT2D eigenvalue weighted by atomic mass is 16.5. The average Bonchev–Trinajstić information content (AvgIpc) is 2.36. The van der Waals surface area contributed by atoms with Crippen LogP contribution in [0.5, 0.6) is 0 Å². The van der Waals surface area contributed by atoms with Crippen LogP contribution >= 0.6 is 0 Å². The fourth-order valence-corrected chi connectivity index (χ4v) is 1.79. The van der Waals surface area contributed by atoms with Crippen molar-refractivity contribution in [2.24, 2.45) is 22.7 Å². The molecule has 6 heteroatoms. The van der Waals surface area contributed by atoms with E-state index in [-0.39, 0.29) is 0 Å². The Bertz CT molecular complexity index is 281. The van der Waals surface area contributed by atoms with Crippen LogP contribution in [0, 0.1) is 11.8 Å². The lowest BCUT2D eigenvalue weighted by atomic mass is 10.00. The standard InChI is InChI=1S/C12H24N4O2/c1-10(2)8-18-12(17)14-9-15-16-5-3-4-11(6-13)7-16/h9-11H,3-8,13H2,1-2H3,(H,14,15,17)/t11-/m0/s1. The molecule has 0 aromatic heterocycles. The summed E-state index contributed by atoms with van der Waals surface area (Å²) in [6, 6.07) is 0. The molecule has 18 heavy (non-hydrogen) atoms. The summed E-state index contributed by atoms with van der Waals surface area (Å²) < 4.78 is 4.96. The highest BCUT2D eigenvalue weighted by molar-refractivity contribution is 5.81. The zero-order valence-electron chi connectivity index (χ0n) is 11.3. The lowest BCUT2D eigenvalue weighted by molar-refractivity contribution is 0.138.